The Morgan fingerprint density at radius 3 is 2.00 bits per heavy atom. The number of hydrogen-bond donors (Lipinski definition) is 1. The summed E-state index contributed by atoms with van der Waals surface area (Å²) in [5.41, 5.74) is 1.69. The Balaban J connectivity index is 1.61. The molecule has 1 N–H and O–H groups in total. The van der Waals surface area contributed by atoms with Gasteiger partial charge in [-0.05, 0) is 60.7 Å². The van der Waals surface area contributed by atoms with Gasteiger partial charge < -0.3 is 4.74 Å². The summed E-state index contributed by atoms with van der Waals surface area (Å²) in [5, 5.41) is 19.9. The van der Waals surface area contributed by atoms with Gasteiger partial charge in [0, 0.05) is 12.1 Å². The lowest BCUT2D eigenvalue weighted by Gasteiger charge is -2.01. The molecule has 34 heavy (non-hydrogen) atoms. The third-order valence-corrected chi connectivity index (χ3v) is 4.91. The third-order valence-electron chi connectivity index (χ3n) is 4.66. The molecular formula is C24H19ClN6O3. The summed E-state index contributed by atoms with van der Waals surface area (Å²) in [6.07, 6.45) is 0. The van der Waals surface area contributed by atoms with Gasteiger partial charge in [0.2, 0.25) is 5.78 Å². The van der Waals surface area contributed by atoms with Crippen molar-refractivity contribution in [2.45, 2.75) is 0 Å². The average molecular weight is 475 g/mol. The minimum Gasteiger partial charge on any atom is -0.376 e. The lowest BCUT2D eigenvalue weighted by atomic mass is 10.2. The second-order valence-electron chi connectivity index (χ2n) is 7.06. The van der Waals surface area contributed by atoms with E-state index in [0.717, 1.165) is 5.69 Å². The SMILES string of the molecule is COCC(=O)c1[nH]n(-c2ccc(Cl)cc2)c(=O)c1N=Nc1ccc(N=Nc2ccccc2)cc1. The molecule has 0 spiro atoms. The molecule has 4 aromatic rings. The van der Waals surface area contributed by atoms with Gasteiger partial charge in [-0.15, -0.1) is 5.11 Å². The quantitative estimate of drug-likeness (QED) is 0.233. The van der Waals surface area contributed by atoms with E-state index in [1.54, 1.807) is 48.5 Å². The average Bonchev–Trinajstić information content (AvgIpc) is 3.19. The topological polar surface area (TPSA) is 114 Å². The number of ketones is 1. The van der Waals surface area contributed by atoms with E-state index >= 15 is 0 Å². The summed E-state index contributed by atoms with van der Waals surface area (Å²) in [5.74, 6) is -0.432. The number of ether oxygens (including phenoxy) is 1. The smallest absolute Gasteiger partial charge is 0.299 e. The Bertz CT molecular complexity index is 1390. The van der Waals surface area contributed by atoms with Crippen LogP contribution < -0.4 is 5.56 Å². The van der Waals surface area contributed by atoms with E-state index in [1.807, 2.05) is 30.3 Å². The molecule has 10 heteroatoms. The van der Waals surface area contributed by atoms with E-state index in [0.29, 0.717) is 22.1 Å². The Morgan fingerprint density at radius 2 is 1.41 bits per heavy atom. The lowest BCUT2D eigenvalue weighted by Crippen LogP contribution is -2.13. The molecule has 3 aromatic carbocycles. The zero-order valence-corrected chi connectivity index (χ0v) is 18.8. The molecule has 0 saturated heterocycles. The van der Waals surface area contributed by atoms with Crippen LogP contribution in [0, 0.1) is 0 Å². The van der Waals surface area contributed by atoms with E-state index in [2.05, 4.69) is 25.6 Å². The highest BCUT2D eigenvalue weighted by Crippen LogP contribution is 2.24. The Labute approximate surface area is 199 Å². The fourth-order valence-electron chi connectivity index (χ4n) is 2.99. The van der Waals surface area contributed by atoms with Crippen molar-refractivity contribution in [3.63, 3.8) is 0 Å². The summed E-state index contributed by atoms with van der Waals surface area (Å²) in [7, 11) is 1.39. The molecule has 0 radical (unpaired) electrons. The van der Waals surface area contributed by atoms with Gasteiger partial charge in [-0.3, -0.25) is 14.7 Å². The molecule has 4 rings (SSSR count). The number of aromatic amines is 1. The molecule has 0 fully saturated rings. The molecule has 0 aliphatic rings. The van der Waals surface area contributed by atoms with Gasteiger partial charge in [-0.25, -0.2) is 4.68 Å². The molecule has 1 heterocycles. The Kier molecular flexibility index (Phi) is 7.16. The number of carbonyl (C=O) groups excluding carboxylic acids is 1. The van der Waals surface area contributed by atoms with Crippen LogP contribution in [0.1, 0.15) is 10.5 Å². The van der Waals surface area contributed by atoms with Crippen LogP contribution in [0.5, 0.6) is 0 Å². The highest BCUT2D eigenvalue weighted by atomic mass is 35.5. The normalized spacial score (nSPS) is 11.5. The number of methoxy groups -OCH3 is 1. The number of carbonyl (C=O) groups is 1. The number of Topliss-reactive ketones (excluding diaryl/α,β-unsaturated/α-hetero) is 1. The van der Waals surface area contributed by atoms with Crippen LogP contribution in [0.2, 0.25) is 5.02 Å². The minimum atomic E-state index is -0.529. The van der Waals surface area contributed by atoms with Crippen LogP contribution in [0.4, 0.5) is 22.7 Å². The fourth-order valence-corrected chi connectivity index (χ4v) is 3.12. The van der Waals surface area contributed by atoms with Gasteiger partial charge in [0.25, 0.3) is 5.56 Å². The molecule has 0 unspecified atom stereocenters. The van der Waals surface area contributed by atoms with Gasteiger partial charge in [0.05, 0.1) is 22.7 Å². The molecule has 0 aliphatic carbocycles. The van der Waals surface area contributed by atoms with Crippen LogP contribution >= 0.6 is 11.6 Å². The molecule has 0 atom stereocenters. The first-order chi connectivity index (χ1) is 16.5. The van der Waals surface area contributed by atoms with E-state index in [1.165, 1.54) is 11.8 Å². The maximum absolute atomic E-state index is 13.0. The molecule has 0 amide bonds. The molecule has 9 nitrogen and oxygen atoms in total. The van der Waals surface area contributed by atoms with Crippen LogP contribution in [0.15, 0.2) is 104 Å². The fraction of sp³-hybridized carbons (Fsp3) is 0.0833. The summed E-state index contributed by atoms with van der Waals surface area (Å²) < 4.78 is 6.13. The van der Waals surface area contributed by atoms with E-state index in [-0.39, 0.29) is 18.0 Å². The lowest BCUT2D eigenvalue weighted by molar-refractivity contribution is 0.0843. The monoisotopic (exact) mass is 474 g/mol. The Hall–Kier alpha value is -4.21. The van der Waals surface area contributed by atoms with Gasteiger partial charge in [0.15, 0.2) is 5.69 Å². The number of aromatic nitrogens is 2. The molecule has 0 saturated carbocycles. The van der Waals surface area contributed by atoms with E-state index in [9.17, 15) is 9.59 Å². The number of nitrogens with one attached hydrogen (secondary N) is 1. The summed E-state index contributed by atoms with van der Waals surface area (Å²) >= 11 is 5.93. The number of rotatable bonds is 8. The number of benzene rings is 3. The first-order valence-corrected chi connectivity index (χ1v) is 10.5. The number of azo groups is 2. The molecule has 0 bridgehead atoms. The van der Waals surface area contributed by atoms with Gasteiger partial charge in [-0.2, -0.15) is 15.3 Å². The first-order valence-electron chi connectivity index (χ1n) is 10.2. The van der Waals surface area contributed by atoms with Crippen molar-refractivity contribution in [2.24, 2.45) is 20.5 Å². The number of nitrogens with zero attached hydrogens (tertiary/aromatic N) is 5. The summed E-state index contributed by atoms with van der Waals surface area (Å²) in [6, 6.07) is 22.7. The van der Waals surface area contributed by atoms with Crippen molar-refractivity contribution >= 4 is 40.1 Å². The molecular weight excluding hydrogens is 456 g/mol. The predicted molar refractivity (Wildman–Crippen MR) is 129 cm³/mol. The summed E-state index contributed by atoms with van der Waals surface area (Å²) in [4.78, 5) is 25.5. The van der Waals surface area contributed by atoms with Crippen molar-refractivity contribution in [1.82, 2.24) is 9.78 Å². The maximum Gasteiger partial charge on any atom is 0.299 e. The second kappa shape index (κ2) is 10.6. The van der Waals surface area contributed by atoms with Gasteiger partial charge in [-0.1, -0.05) is 29.8 Å². The Morgan fingerprint density at radius 1 is 0.853 bits per heavy atom. The molecule has 1 aromatic heterocycles. The number of H-pyrrole nitrogens is 1. The van der Waals surface area contributed by atoms with Gasteiger partial charge >= 0.3 is 0 Å². The number of halogens is 1. The van der Waals surface area contributed by atoms with Crippen LogP contribution in [-0.2, 0) is 4.74 Å². The largest absolute Gasteiger partial charge is 0.376 e. The van der Waals surface area contributed by atoms with E-state index in [4.69, 9.17) is 16.3 Å². The second-order valence-corrected chi connectivity index (χ2v) is 7.50. The van der Waals surface area contributed by atoms with E-state index < -0.39 is 11.3 Å². The van der Waals surface area contributed by atoms with Crippen LogP contribution in [0.25, 0.3) is 5.69 Å². The molecule has 170 valence electrons. The first kappa shape index (κ1) is 23.0. The zero-order valence-electron chi connectivity index (χ0n) is 18.1. The highest BCUT2D eigenvalue weighted by Gasteiger charge is 2.21. The molecule has 0 aliphatic heterocycles. The minimum absolute atomic E-state index is 0.00108. The van der Waals surface area contributed by atoms with Crippen LogP contribution in [-0.4, -0.2) is 29.3 Å². The van der Waals surface area contributed by atoms with Crippen molar-refractivity contribution in [3.05, 3.63) is 99.9 Å². The third kappa shape index (κ3) is 5.40. The number of hydrogen-bond acceptors (Lipinski definition) is 7. The van der Waals surface area contributed by atoms with Gasteiger partial charge in [0.1, 0.15) is 12.3 Å². The standard InChI is InChI=1S/C24H19ClN6O3/c1-34-15-21(32)22-23(24(33)31(30-22)20-13-7-16(25)8-14-20)29-28-19-11-9-18(10-12-19)27-26-17-5-3-2-4-6-17/h2-14,30H,15H2,1H3. The van der Waals surface area contributed by atoms with Crippen molar-refractivity contribution in [3.8, 4) is 5.69 Å². The van der Waals surface area contributed by atoms with Crippen molar-refractivity contribution in [2.75, 3.05) is 13.7 Å². The maximum atomic E-state index is 13.0. The van der Waals surface area contributed by atoms with Crippen molar-refractivity contribution < 1.29 is 9.53 Å². The summed E-state index contributed by atoms with van der Waals surface area (Å²) in [6.45, 7) is -0.218. The predicted octanol–water partition coefficient (Wildman–Crippen LogP) is 6.48. The van der Waals surface area contributed by atoms with Crippen molar-refractivity contribution in [1.29, 1.82) is 0 Å². The zero-order chi connectivity index (χ0) is 23.9. The highest BCUT2D eigenvalue weighted by molar-refractivity contribution is 6.30. The van der Waals surface area contributed by atoms with Crippen LogP contribution in [0.3, 0.4) is 0 Å².